The fourth-order valence-corrected chi connectivity index (χ4v) is 4.13. The molecule has 2 heterocycles. The lowest BCUT2D eigenvalue weighted by Crippen LogP contribution is -2.53. The Labute approximate surface area is 151 Å². The van der Waals surface area contributed by atoms with Gasteiger partial charge in [-0.1, -0.05) is 37.3 Å². The largest absolute Gasteiger partial charge is 0.381 e. The summed E-state index contributed by atoms with van der Waals surface area (Å²) in [6.45, 7) is 5.67. The zero-order valence-electron chi connectivity index (χ0n) is 14.4. The van der Waals surface area contributed by atoms with Crippen molar-refractivity contribution in [2.24, 2.45) is 17.1 Å². The summed E-state index contributed by atoms with van der Waals surface area (Å²) in [4.78, 5) is 15.1. The first kappa shape index (κ1) is 19.2. The van der Waals surface area contributed by atoms with Gasteiger partial charge in [0.25, 0.3) is 0 Å². The predicted octanol–water partition coefficient (Wildman–Crippen LogP) is 2.82. The minimum absolute atomic E-state index is 0. The number of rotatable bonds is 3. The van der Waals surface area contributed by atoms with Gasteiger partial charge in [0.2, 0.25) is 5.91 Å². The van der Waals surface area contributed by atoms with Crippen LogP contribution in [-0.2, 0) is 9.53 Å². The Balaban J connectivity index is 0.00000208. The highest BCUT2D eigenvalue weighted by molar-refractivity contribution is 5.85. The molecule has 0 spiro atoms. The highest BCUT2D eigenvalue weighted by atomic mass is 35.5. The van der Waals surface area contributed by atoms with Crippen molar-refractivity contribution in [3.05, 3.63) is 35.9 Å². The summed E-state index contributed by atoms with van der Waals surface area (Å²) >= 11 is 0. The van der Waals surface area contributed by atoms with Crippen LogP contribution in [0.15, 0.2) is 30.3 Å². The van der Waals surface area contributed by atoms with Crippen LogP contribution in [-0.4, -0.2) is 43.7 Å². The number of hydrogen-bond donors (Lipinski definition) is 1. The third-order valence-corrected chi connectivity index (χ3v) is 5.71. The molecule has 1 amide bonds. The van der Waals surface area contributed by atoms with Gasteiger partial charge in [0.1, 0.15) is 0 Å². The van der Waals surface area contributed by atoms with E-state index in [1.54, 1.807) is 0 Å². The van der Waals surface area contributed by atoms with Crippen molar-refractivity contribution in [1.82, 2.24) is 4.90 Å². The molecule has 0 saturated carbocycles. The summed E-state index contributed by atoms with van der Waals surface area (Å²) < 4.78 is 5.43. The van der Waals surface area contributed by atoms with E-state index in [2.05, 4.69) is 42.2 Å². The third-order valence-electron chi connectivity index (χ3n) is 5.71. The molecule has 2 aliphatic rings. The lowest BCUT2D eigenvalue weighted by atomic mass is 9.76. The summed E-state index contributed by atoms with van der Waals surface area (Å²) in [7, 11) is 0. The van der Waals surface area contributed by atoms with E-state index in [1.165, 1.54) is 5.56 Å². The molecule has 2 saturated heterocycles. The summed E-state index contributed by atoms with van der Waals surface area (Å²) in [6, 6.07) is 10.7. The van der Waals surface area contributed by atoms with Crippen molar-refractivity contribution in [3.8, 4) is 0 Å². The highest BCUT2D eigenvalue weighted by Gasteiger charge is 2.43. The topological polar surface area (TPSA) is 55.6 Å². The van der Waals surface area contributed by atoms with E-state index in [9.17, 15) is 4.79 Å². The van der Waals surface area contributed by atoms with Gasteiger partial charge >= 0.3 is 0 Å². The maximum absolute atomic E-state index is 13.1. The van der Waals surface area contributed by atoms with Crippen LogP contribution >= 0.6 is 12.4 Å². The number of carbonyl (C=O) groups is 1. The fraction of sp³-hybridized carbons (Fsp3) is 0.632. The lowest BCUT2D eigenvalue weighted by Gasteiger charge is -2.43. The van der Waals surface area contributed by atoms with Crippen molar-refractivity contribution in [3.63, 3.8) is 0 Å². The van der Waals surface area contributed by atoms with Gasteiger partial charge in [-0.05, 0) is 36.7 Å². The number of likely N-dealkylation sites (tertiary alicyclic amines) is 1. The van der Waals surface area contributed by atoms with Gasteiger partial charge in [-0.25, -0.2) is 0 Å². The Hall–Kier alpha value is -1.10. The van der Waals surface area contributed by atoms with Gasteiger partial charge in [0.15, 0.2) is 0 Å². The smallest absolute Gasteiger partial charge is 0.230 e. The Kier molecular flexibility index (Phi) is 6.67. The molecule has 24 heavy (non-hydrogen) atoms. The van der Waals surface area contributed by atoms with Crippen LogP contribution < -0.4 is 5.73 Å². The highest BCUT2D eigenvalue weighted by Crippen LogP contribution is 2.37. The second kappa shape index (κ2) is 8.32. The van der Waals surface area contributed by atoms with E-state index in [1.807, 2.05) is 0 Å². The number of benzene rings is 1. The number of nitrogens with zero attached hydrogens (tertiary/aromatic N) is 1. The molecule has 2 unspecified atom stereocenters. The molecule has 134 valence electrons. The molecule has 2 fully saturated rings. The molecule has 0 radical (unpaired) electrons. The number of ether oxygens (including phenoxy) is 1. The van der Waals surface area contributed by atoms with Crippen LogP contribution in [0.4, 0.5) is 0 Å². The fourth-order valence-electron chi connectivity index (χ4n) is 4.13. The molecule has 0 aliphatic carbocycles. The van der Waals surface area contributed by atoms with Crippen LogP contribution in [0, 0.1) is 11.3 Å². The molecule has 0 aromatic heterocycles. The average Bonchev–Trinajstić information content (AvgIpc) is 2.62. The quantitative estimate of drug-likeness (QED) is 0.910. The van der Waals surface area contributed by atoms with Gasteiger partial charge in [-0.2, -0.15) is 0 Å². The molecule has 3 rings (SSSR count). The molecule has 2 aliphatic heterocycles. The van der Waals surface area contributed by atoms with Gasteiger partial charge in [-0.3, -0.25) is 4.79 Å². The Morgan fingerprint density at radius 2 is 1.96 bits per heavy atom. The zero-order valence-corrected chi connectivity index (χ0v) is 15.3. The van der Waals surface area contributed by atoms with E-state index in [4.69, 9.17) is 10.5 Å². The number of piperidine rings is 1. The second-order valence-electron chi connectivity index (χ2n) is 7.13. The molecule has 4 nitrogen and oxygen atoms in total. The van der Waals surface area contributed by atoms with E-state index < -0.39 is 5.41 Å². The van der Waals surface area contributed by atoms with Gasteiger partial charge < -0.3 is 15.4 Å². The van der Waals surface area contributed by atoms with E-state index in [0.717, 1.165) is 32.4 Å². The molecule has 0 bridgehead atoms. The third kappa shape index (κ3) is 3.76. The van der Waals surface area contributed by atoms with E-state index >= 15 is 0 Å². The van der Waals surface area contributed by atoms with E-state index in [0.29, 0.717) is 31.6 Å². The summed E-state index contributed by atoms with van der Waals surface area (Å²) in [5.74, 6) is 1.27. The van der Waals surface area contributed by atoms with Gasteiger partial charge in [0.05, 0.1) is 5.41 Å². The van der Waals surface area contributed by atoms with Crippen molar-refractivity contribution < 1.29 is 9.53 Å². The normalized spacial score (nSPS) is 26.5. The van der Waals surface area contributed by atoms with Crippen LogP contribution in [0.5, 0.6) is 0 Å². The average molecular weight is 353 g/mol. The second-order valence-corrected chi connectivity index (χ2v) is 7.13. The molecule has 1 aromatic carbocycles. The van der Waals surface area contributed by atoms with Crippen molar-refractivity contribution in [1.29, 1.82) is 0 Å². The standard InChI is InChI=1S/C19H28N2O2.ClH/c1-15-13-21(10-7-17(15)16-5-3-2-4-6-16)18(22)19(14-20)8-11-23-12-9-19;/h2-6,15,17H,7-14,20H2,1H3;1H. The first-order chi connectivity index (χ1) is 11.2. The first-order valence-corrected chi connectivity index (χ1v) is 8.78. The monoisotopic (exact) mass is 352 g/mol. The zero-order chi connectivity index (χ0) is 16.3. The van der Waals surface area contributed by atoms with Crippen LogP contribution in [0.2, 0.25) is 0 Å². The number of hydrogen-bond acceptors (Lipinski definition) is 3. The van der Waals surface area contributed by atoms with Crippen LogP contribution in [0.25, 0.3) is 0 Å². The number of carbonyl (C=O) groups excluding carboxylic acids is 1. The first-order valence-electron chi connectivity index (χ1n) is 8.78. The Bertz CT molecular complexity index is 531. The number of halogens is 1. The molecular weight excluding hydrogens is 324 g/mol. The summed E-state index contributed by atoms with van der Waals surface area (Å²) in [6.07, 6.45) is 2.55. The van der Waals surface area contributed by atoms with E-state index in [-0.39, 0.29) is 18.3 Å². The minimum Gasteiger partial charge on any atom is -0.381 e. The van der Waals surface area contributed by atoms with Crippen LogP contribution in [0.1, 0.15) is 37.7 Å². The number of amides is 1. The van der Waals surface area contributed by atoms with Gasteiger partial charge in [0, 0.05) is 32.8 Å². The Morgan fingerprint density at radius 3 is 2.54 bits per heavy atom. The molecular formula is C19H29ClN2O2. The molecule has 2 atom stereocenters. The maximum atomic E-state index is 13.1. The Morgan fingerprint density at radius 1 is 1.29 bits per heavy atom. The SMILES string of the molecule is CC1CN(C(=O)C2(CN)CCOCC2)CCC1c1ccccc1.Cl. The molecule has 5 heteroatoms. The van der Waals surface area contributed by atoms with Crippen molar-refractivity contribution in [2.75, 3.05) is 32.8 Å². The lowest BCUT2D eigenvalue weighted by molar-refractivity contribution is -0.149. The maximum Gasteiger partial charge on any atom is 0.230 e. The summed E-state index contributed by atoms with van der Waals surface area (Å²) in [5.41, 5.74) is 7.00. The van der Waals surface area contributed by atoms with Crippen molar-refractivity contribution in [2.45, 2.75) is 32.1 Å². The number of nitrogens with two attached hydrogens (primary N) is 1. The minimum atomic E-state index is -0.391. The van der Waals surface area contributed by atoms with Crippen molar-refractivity contribution >= 4 is 18.3 Å². The van der Waals surface area contributed by atoms with Gasteiger partial charge in [-0.15, -0.1) is 12.4 Å². The molecule has 1 aromatic rings. The van der Waals surface area contributed by atoms with Crippen LogP contribution in [0.3, 0.4) is 0 Å². The molecule has 2 N–H and O–H groups in total. The predicted molar refractivity (Wildman–Crippen MR) is 98.3 cm³/mol. The summed E-state index contributed by atoms with van der Waals surface area (Å²) in [5, 5.41) is 0.